The largest absolute Gasteiger partial charge is 0.396 e. The van der Waals surface area contributed by atoms with E-state index in [1.165, 1.54) is 11.3 Å². The van der Waals surface area contributed by atoms with Gasteiger partial charge in [0.25, 0.3) is 0 Å². The molecule has 0 spiro atoms. The average Bonchev–Trinajstić information content (AvgIpc) is 2.66. The first-order valence-electron chi connectivity index (χ1n) is 4.73. The zero-order valence-corrected chi connectivity index (χ0v) is 10.4. The van der Waals surface area contributed by atoms with Gasteiger partial charge >= 0.3 is 0 Å². The molecular weight excluding hydrogens is 282 g/mol. The van der Waals surface area contributed by atoms with Gasteiger partial charge in [0, 0.05) is 19.0 Å². The first-order valence-corrected chi connectivity index (χ1v) is 6.34. The maximum absolute atomic E-state index is 9.61. The topological polar surface area (TPSA) is 69.5 Å². The highest BCUT2D eigenvalue weighted by molar-refractivity contribution is 9.11. The SMILES string of the molecule is OCC1CN(c2nnc(Br)s2)CCC1O. The van der Waals surface area contributed by atoms with Crippen LogP contribution >= 0.6 is 27.3 Å². The second kappa shape index (κ2) is 4.73. The van der Waals surface area contributed by atoms with Crippen LogP contribution < -0.4 is 4.90 Å². The molecule has 84 valence electrons. The number of hydrogen-bond donors (Lipinski definition) is 2. The van der Waals surface area contributed by atoms with Gasteiger partial charge in [0.1, 0.15) is 0 Å². The molecule has 0 aromatic carbocycles. The molecule has 1 fully saturated rings. The van der Waals surface area contributed by atoms with Crippen LogP contribution in [-0.4, -0.2) is 46.2 Å². The van der Waals surface area contributed by atoms with Gasteiger partial charge in [-0.1, -0.05) is 11.3 Å². The Labute approximate surface area is 99.9 Å². The van der Waals surface area contributed by atoms with E-state index in [4.69, 9.17) is 5.11 Å². The average molecular weight is 294 g/mol. The molecule has 2 atom stereocenters. The summed E-state index contributed by atoms with van der Waals surface area (Å²) in [6, 6.07) is 0. The summed E-state index contributed by atoms with van der Waals surface area (Å²) in [6.45, 7) is 1.41. The molecule has 5 nitrogen and oxygen atoms in total. The Morgan fingerprint density at radius 3 is 2.93 bits per heavy atom. The number of halogens is 1. The van der Waals surface area contributed by atoms with Gasteiger partial charge in [-0.3, -0.25) is 0 Å². The third-order valence-corrected chi connectivity index (χ3v) is 4.01. The number of rotatable bonds is 2. The van der Waals surface area contributed by atoms with Crippen LogP contribution in [0.25, 0.3) is 0 Å². The summed E-state index contributed by atoms with van der Waals surface area (Å²) in [4.78, 5) is 2.05. The van der Waals surface area contributed by atoms with Crippen molar-refractivity contribution in [3.05, 3.63) is 3.92 Å². The first-order chi connectivity index (χ1) is 7.20. The number of aliphatic hydroxyl groups excluding tert-OH is 2. The van der Waals surface area contributed by atoms with E-state index in [1.807, 2.05) is 0 Å². The van der Waals surface area contributed by atoms with E-state index in [0.717, 1.165) is 15.6 Å². The van der Waals surface area contributed by atoms with Crippen LogP contribution in [0.4, 0.5) is 5.13 Å². The Kier molecular flexibility index (Phi) is 3.55. The van der Waals surface area contributed by atoms with Crippen LogP contribution in [0.3, 0.4) is 0 Å². The predicted octanol–water partition coefficient (Wildman–Crippen LogP) is 0.480. The lowest BCUT2D eigenvalue weighted by molar-refractivity contribution is 0.0525. The maximum atomic E-state index is 9.61. The molecule has 1 aromatic rings. The van der Waals surface area contributed by atoms with Crippen molar-refractivity contribution in [2.45, 2.75) is 12.5 Å². The van der Waals surface area contributed by atoms with Gasteiger partial charge in [-0.05, 0) is 22.4 Å². The molecule has 2 heterocycles. The van der Waals surface area contributed by atoms with Crippen molar-refractivity contribution in [2.75, 3.05) is 24.6 Å². The van der Waals surface area contributed by atoms with Crippen molar-refractivity contribution in [2.24, 2.45) is 5.92 Å². The number of hydrogen-bond acceptors (Lipinski definition) is 6. The van der Waals surface area contributed by atoms with Crippen LogP contribution in [0.5, 0.6) is 0 Å². The first kappa shape index (κ1) is 11.3. The second-order valence-corrected chi connectivity index (χ2v) is 5.81. The fourth-order valence-electron chi connectivity index (χ4n) is 1.70. The lowest BCUT2D eigenvalue weighted by Gasteiger charge is -2.34. The Morgan fingerprint density at radius 2 is 2.33 bits per heavy atom. The normalized spacial score (nSPS) is 27.0. The second-order valence-electron chi connectivity index (χ2n) is 3.58. The molecule has 0 saturated carbocycles. The van der Waals surface area contributed by atoms with Gasteiger partial charge in [-0.2, -0.15) is 0 Å². The number of anilines is 1. The molecule has 0 aliphatic carbocycles. The molecule has 2 unspecified atom stereocenters. The molecule has 2 N–H and O–H groups in total. The molecule has 0 bridgehead atoms. The van der Waals surface area contributed by atoms with Crippen LogP contribution in [0.15, 0.2) is 3.92 Å². The maximum Gasteiger partial charge on any atom is 0.209 e. The minimum Gasteiger partial charge on any atom is -0.396 e. The molecule has 7 heteroatoms. The Balaban J connectivity index is 2.06. The molecule has 1 aliphatic rings. The van der Waals surface area contributed by atoms with Gasteiger partial charge < -0.3 is 15.1 Å². The van der Waals surface area contributed by atoms with Gasteiger partial charge in [0.2, 0.25) is 5.13 Å². The van der Waals surface area contributed by atoms with E-state index in [-0.39, 0.29) is 12.5 Å². The summed E-state index contributed by atoms with van der Waals surface area (Å²) in [5.41, 5.74) is 0. The van der Waals surface area contributed by atoms with Gasteiger partial charge in [-0.25, -0.2) is 0 Å². The number of aromatic nitrogens is 2. The minimum absolute atomic E-state index is 0.0115. The highest BCUT2D eigenvalue weighted by Crippen LogP contribution is 2.28. The Morgan fingerprint density at radius 1 is 1.53 bits per heavy atom. The monoisotopic (exact) mass is 293 g/mol. The third kappa shape index (κ3) is 2.47. The number of piperidine rings is 1. The molecule has 1 aliphatic heterocycles. The summed E-state index contributed by atoms with van der Waals surface area (Å²) < 4.78 is 0.754. The van der Waals surface area contributed by atoms with Gasteiger partial charge in [-0.15, -0.1) is 10.2 Å². The Hall–Kier alpha value is -0.240. The van der Waals surface area contributed by atoms with E-state index < -0.39 is 6.10 Å². The van der Waals surface area contributed by atoms with Crippen LogP contribution in [-0.2, 0) is 0 Å². The molecule has 15 heavy (non-hydrogen) atoms. The van der Waals surface area contributed by atoms with Gasteiger partial charge in [0.15, 0.2) is 3.92 Å². The van der Waals surface area contributed by atoms with Crippen LogP contribution in [0.1, 0.15) is 6.42 Å². The molecule has 1 aromatic heterocycles. The fraction of sp³-hybridized carbons (Fsp3) is 0.750. The lowest BCUT2D eigenvalue weighted by Crippen LogP contribution is -2.44. The van der Waals surface area contributed by atoms with E-state index >= 15 is 0 Å². The Bertz CT molecular complexity index is 335. The molecular formula is C8H12BrN3O2S. The predicted molar refractivity (Wildman–Crippen MR) is 61.0 cm³/mol. The molecule has 1 saturated heterocycles. The van der Waals surface area contributed by atoms with E-state index in [0.29, 0.717) is 13.0 Å². The standard InChI is InChI=1S/C8H12BrN3O2S/c9-7-10-11-8(15-7)12-2-1-6(14)5(3-12)4-13/h5-6,13-14H,1-4H2. The van der Waals surface area contributed by atoms with E-state index in [2.05, 4.69) is 31.0 Å². The van der Waals surface area contributed by atoms with Crippen LogP contribution in [0, 0.1) is 5.92 Å². The van der Waals surface area contributed by atoms with E-state index in [9.17, 15) is 5.11 Å². The highest BCUT2D eigenvalue weighted by atomic mass is 79.9. The van der Waals surface area contributed by atoms with Crippen molar-refractivity contribution in [1.82, 2.24) is 10.2 Å². The van der Waals surface area contributed by atoms with Crippen molar-refractivity contribution in [3.63, 3.8) is 0 Å². The van der Waals surface area contributed by atoms with Crippen LogP contribution in [0.2, 0.25) is 0 Å². The minimum atomic E-state index is -0.400. The zero-order valence-electron chi connectivity index (χ0n) is 8.01. The van der Waals surface area contributed by atoms with Crippen molar-refractivity contribution in [1.29, 1.82) is 0 Å². The number of aliphatic hydroxyl groups is 2. The van der Waals surface area contributed by atoms with Gasteiger partial charge in [0.05, 0.1) is 12.7 Å². The zero-order chi connectivity index (χ0) is 10.8. The molecule has 0 amide bonds. The van der Waals surface area contributed by atoms with E-state index in [1.54, 1.807) is 0 Å². The fourth-order valence-corrected chi connectivity index (χ4v) is 2.82. The highest BCUT2D eigenvalue weighted by Gasteiger charge is 2.28. The quantitative estimate of drug-likeness (QED) is 0.830. The molecule has 2 rings (SSSR count). The number of nitrogens with zero attached hydrogens (tertiary/aromatic N) is 3. The summed E-state index contributed by atoms with van der Waals surface area (Å²) in [5.74, 6) is -0.0820. The smallest absolute Gasteiger partial charge is 0.209 e. The van der Waals surface area contributed by atoms with Crippen molar-refractivity contribution >= 4 is 32.4 Å². The summed E-state index contributed by atoms with van der Waals surface area (Å²) >= 11 is 4.73. The molecule has 0 radical (unpaired) electrons. The summed E-state index contributed by atoms with van der Waals surface area (Å²) in [6.07, 6.45) is 0.269. The summed E-state index contributed by atoms with van der Waals surface area (Å²) in [7, 11) is 0. The van der Waals surface area contributed by atoms with Crippen molar-refractivity contribution in [3.8, 4) is 0 Å². The third-order valence-electron chi connectivity index (χ3n) is 2.59. The lowest BCUT2D eigenvalue weighted by atomic mass is 9.96. The summed E-state index contributed by atoms with van der Waals surface area (Å²) in [5, 5.41) is 27.5. The van der Waals surface area contributed by atoms with Crippen molar-refractivity contribution < 1.29 is 10.2 Å².